The summed E-state index contributed by atoms with van der Waals surface area (Å²) in [6.45, 7) is 9.91. The van der Waals surface area contributed by atoms with Crippen molar-refractivity contribution in [2.24, 2.45) is 0 Å². The predicted octanol–water partition coefficient (Wildman–Crippen LogP) is 8.82. The molecule has 2 heterocycles. The Morgan fingerprint density at radius 1 is 0.750 bits per heavy atom. The molecule has 0 spiro atoms. The fraction of sp³-hybridized carbons (Fsp3) is 0.326. The molecule has 264 valence electrons. The van der Waals surface area contributed by atoms with Crippen LogP contribution in [0.2, 0.25) is 0 Å². The largest absolute Gasteiger partial charge is 0.378 e. The maximum atomic E-state index is 13.9. The summed E-state index contributed by atoms with van der Waals surface area (Å²) in [6.07, 6.45) is 4.05. The Kier molecular flexibility index (Phi) is 8.81. The number of amides is 1. The number of aryl methyl sites for hydroxylation is 2. The number of hydrogen-bond donors (Lipinski definition) is 1. The number of benzene rings is 6. The first-order valence-electron chi connectivity index (χ1n) is 19.2. The van der Waals surface area contributed by atoms with Gasteiger partial charge in [-0.2, -0.15) is 0 Å². The molecule has 52 heavy (non-hydrogen) atoms. The minimum atomic E-state index is -0.0661. The van der Waals surface area contributed by atoms with Crippen molar-refractivity contribution in [3.8, 4) is 0 Å². The van der Waals surface area contributed by atoms with Crippen LogP contribution >= 0.6 is 0 Å². The first-order chi connectivity index (χ1) is 25.5. The molecule has 6 heteroatoms. The average Bonchev–Trinajstić information content (AvgIpc) is 3.20. The number of ether oxygens (including phenoxy) is 1. The lowest BCUT2D eigenvalue weighted by molar-refractivity contribution is 0.102. The number of rotatable bonds is 6. The molecule has 2 fully saturated rings. The van der Waals surface area contributed by atoms with Crippen LogP contribution in [0.1, 0.15) is 51.9 Å². The molecule has 9 rings (SSSR count). The highest BCUT2D eigenvalue weighted by atomic mass is 16.5. The number of likely N-dealkylation sites (N-methyl/N-ethyl adjacent to an activating group) is 1. The topological polar surface area (TPSA) is 48.0 Å². The lowest BCUT2D eigenvalue weighted by atomic mass is 9.76. The summed E-state index contributed by atoms with van der Waals surface area (Å²) in [4.78, 5) is 21.1. The Balaban J connectivity index is 1.03. The van der Waals surface area contributed by atoms with E-state index >= 15 is 0 Å². The van der Waals surface area contributed by atoms with E-state index in [1.165, 1.54) is 49.5 Å². The van der Waals surface area contributed by atoms with Gasteiger partial charge in [0, 0.05) is 61.6 Å². The van der Waals surface area contributed by atoms with Gasteiger partial charge in [0.1, 0.15) is 0 Å². The quantitative estimate of drug-likeness (QED) is 0.177. The minimum absolute atomic E-state index is 0.0661. The zero-order valence-electron chi connectivity index (χ0n) is 30.5. The standard InChI is InChI=1S/C46H48N4O2/c1-3-31-28-36-30-38(49-22-20-48(2)21-23-49)15-19-39(36)43-18-12-34-29-35(11-16-40(34)44(31)43)42-17-10-32-6-4-5-7-41(32)45(42)47-46(51)33-8-13-37(14-9-33)50-24-26-52-27-25-50/h4-10,12-15,17-19,28,30,35H,3,11,16,20-27,29H2,1-2H3,(H,47,51). The van der Waals surface area contributed by atoms with Crippen molar-refractivity contribution in [2.45, 2.75) is 38.5 Å². The first kappa shape index (κ1) is 33.0. The van der Waals surface area contributed by atoms with Crippen molar-refractivity contribution >= 4 is 55.3 Å². The summed E-state index contributed by atoms with van der Waals surface area (Å²) in [7, 11) is 2.21. The third-order valence-electron chi connectivity index (χ3n) is 12.0. The first-order valence-corrected chi connectivity index (χ1v) is 19.2. The van der Waals surface area contributed by atoms with E-state index in [0.29, 0.717) is 11.5 Å². The molecule has 1 unspecified atom stereocenters. The Labute approximate surface area is 307 Å². The van der Waals surface area contributed by atoms with Gasteiger partial charge < -0.3 is 24.8 Å². The maximum Gasteiger partial charge on any atom is 0.255 e. The van der Waals surface area contributed by atoms with Crippen LogP contribution in [0, 0.1) is 0 Å². The van der Waals surface area contributed by atoms with Crippen LogP contribution in [0.15, 0.2) is 97.1 Å². The highest BCUT2D eigenvalue weighted by Crippen LogP contribution is 2.43. The summed E-state index contributed by atoms with van der Waals surface area (Å²) in [5.41, 5.74) is 9.73. The average molecular weight is 689 g/mol. The lowest BCUT2D eigenvalue weighted by Crippen LogP contribution is -2.44. The molecule has 1 amide bonds. The molecule has 6 aromatic rings. The maximum absolute atomic E-state index is 13.9. The van der Waals surface area contributed by atoms with Crippen LogP contribution in [0.3, 0.4) is 0 Å². The van der Waals surface area contributed by atoms with Gasteiger partial charge in [-0.25, -0.2) is 0 Å². The van der Waals surface area contributed by atoms with E-state index in [9.17, 15) is 4.79 Å². The molecule has 0 aromatic heterocycles. The number of carbonyl (C=O) groups excluding carboxylic acids is 1. The number of carbonyl (C=O) groups is 1. The van der Waals surface area contributed by atoms with Crippen LogP contribution in [0.5, 0.6) is 0 Å². The zero-order valence-corrected chi connectivity index (χ0v) is 30.5. The molecule has 0 saturated carbocycles. The van der Waals surface area contributed by atoms with Crippen LogP contribution in [-0.2, 0) is 24.0 Å². The number of fused-ring (bicyclic) bond motifs is 6. The van der Waals surface area contributed by atoms with Gasteiger partial charge in [-0.15, -0.1) is 0 Å². The highest BCUT2D eigenvalue weighted by Gasteiger charge is 2.27. The van der Waals surface area contributed by atoms with E-state index < -0.39 is 0 Å². The number of anilines is 3. The monoisotopic (exact) mass is 688 g/mol. The summed E-state index contributed by atoms with van der Waals surface area (Å²) in [6, 6.07) is 35.3. The number of hydrogen-bond acceptors (Lipinski definition) is 5. The van der Waals surface area contributed by atoms with E-state index in [4.69, 9.17) is 4.74 Å². The van der Waals surface area contributed by atoms with Crippen LogP contribution in [0.25, 0.3) is 32.3 Å². The van der Waals surface area contributed by atoms with Gasteiger partial charge in [-0.05, 0) is 124 Å². The fourth-order valence-corrected chi connectivity index (χ4v) is 9.02. The molecule has 6 aromatic carbocycles. The van der Waals surface area contributed by atoms with E-state index in [-0.39, 0.29) is 5.91 Å². The summed E-state index contributed by atoms with van der Waals surface area (Å²) < 4.78 is 5.53. The van der Waals surface area contributed by atoms with Gasteiger partial charge in [-0.3, -0.25) is 4.79 Å². The van der Waals surface area contributed by atoms with Crippen molar-refractivity contribution in [3.63, 3.8) is 0 Å². The van der Waals surface area contributed by atoms with E-state index in [1.54, 1.807) is 0 Å². The van der Waals surface area contributed by atoms with Gasteiger partial charge in [0.2, 0.25) is 0 Å². The van der Waals surface area contributed by atoms with Crippen LogP contribution < -0.4 is 15.1 Å². The number of nitrogens with one attached hydrogen (secondary N) is 1. The number of nitrogens with zero attached hydrogens (tertiary/aromatic N) is 3. The van der Waals surface area contributed by atoms with Gasteiger partial charge >= 0.3 is 0 Å². The fourth-order valence-electron chi connectivity index (χ4n) is 9.02. The highest BCUT2D eigenvalue weighted by molar-refractivity contribution is 6.12. The Hall–Kier alpha value is -4.91. The van der Waals surface area contributed by atoms with Crippen LogP contribution in [0.4, 0.5) is 17.1 Å². The van der Waals surface area contributed by atoms with Gasteiger partial charge in [0.05, 0.1) is 18.9 Å². The second-order valence-corrected chi connectivity index (χ2v) is 15.0. The minimum Gasteiger partial charge on any atom is -0.378 e. The normalized spacial score (nSPS) is 18.2. The van der Waals surface area contributed by atoms with E-state index in [1.807, 2.05) is 12.1 Å². The van der Waals surface area contributed by atoms with Gasteiger partial charge in [0.25, 0.3) is 5.91 Å². The van der Waals surface area contributed by atoms with Crippen molar-refractivity contribution in [1.29, 1.82) is 0 Å². The molecule has 1 aliphatic carbocycles. The molecule has 1 atom stereocenters. The molecular formula is C46H48N4O2. The Bertz CT molecular complexity index is 2280. The lowest BCUT2D eigenvalue weighted by Gasteiger charge is -2.34. The molecule has 2 saturated heterocycles. The molecule has 0 radical (unpaired) electrons. The molecule has 0 bridgehead atoms. The second-order valence-electron chi connectivity index (χ2n) is 15.0. The summed E-state index contributed by atoms with van der Waals surface area (Å²) in [5, 5.41) is 11.2. The third-order valence-corrected chi connectivity index (χ3v) is 12.0. The molecule has 2 aliphatic heterocycles. The zero-order chi connectivity index (χ0) is 35.2. The second kappa shape index (κ2) is 13.9. The smallest absolute Gasteiger partial charge is 0.255 e. The molecule has 1 N–H and O–H groups in total. The Morgan fingerprint density at radius 2 is 1.50 bits per heavy atom. The number of piperazine rings is 1. The van der Waals surface area contributed by atoms with Crippen molar-refractivity contribution in [1.82, 2.24) is 4.90 Å². The van der Waals surface area contributed by atoms with Crippen LogP contribution in [-0.4, -0.2) is 70.3 Å². The van der Waals surface area contributed by atoms with Crippen molar-refractivity contribution in [3.05, 3.63) is 125 Å². The van der Waals surface area contributed by atoms with Crippen molar-refractivity contribution in [2.75, 3.05) is 74.6 Å². The molecular weight excluding hydrogens is 641 g/mol. The Morgan fingerprint density at radius 3 is 2.31 bits per heavy atom. The van der Waals surface area contributed by atoms with E-state index in [2.05, 4.69) is 119 Å². The summed E-state index contributed by atoms with van der Waals surface area (Å²) >= 11 is 0. The number of morpholine rings is 1. The SMILES string of the molecule is CCc1cc2cc(N3CCN(C)CC3)ccc2c2ccc3c(c12)CCC(c1ccc2ccccc2c1NC(=O)c1ccc(N2CCOCC2)cc1)C3. The van der Waals surface area contributed by atoms with Gasteiger partial charge in [-0.1, -0.05) is 67.6 Å². The third kappa shape index (κ3) is 6.08. The van der Waals surface area contributed by atoms with E-state index in [0.717, 1.165) is 100 Å². The molecule has 3 aliphatic rings. The summed E-state index contributed by atoms with van der Waals surface area (Å²) in [5.74, 6) is 0.244. The van der Waals surface area contributed by atoms with Gasteiger partial charge in [0.15, 0.2) is 0 Å². The van der Waals surface area contributed by atoms with Crippen molar-refractivity contribution < 1.29 is 9.53 Å². The predicted molar refractivity (Wildman–Crippen MR) is 217 cm³/mol. The molecule has 6 nitrogen and oxygen atoms in total.